The topological polar surface area (TPSA) is 98.5 Å². The fourth-order valence-corrected chi connectivity index (χ4v) is 4.39. The number of oxazole rings is 1. The molecule has 0 fully saturated rings. The van der Waals surface area contributed by atoms with E-state index >= 15 is 0 Å². The summed E-state index contributed by atoms with van der Waals surface area (Å²) in [5.41, 5.74) is 2.32. The molecule has 1 heterocycles. The Morgan fingerprint density at radius 1 is 0.909 bits per heavy atom. The largest absolute Gasteiger partial charge is 0.466 e. The summed E-state index contributed by atoms with van der Waals surface area (Å²) in [5, 5.41) is -0.205. The Bertz CT molecular complexity index is 1330. The minimum absolute atomic E-state index is 0.114. The van der Waals surface area contributed by atoms with Crippen LogP contribution in [-0.2, 0) is 26.0 Å². The van der Waals surface area contributed by atoms with E-state index in [-0.39, 0.29) is 29.1 Å². The number of ether oxygens (including phenoxy) is 1. The summed E-state index contributed by atoms with van der Waals surface area (Å²) in [6.07, 6.45) is 0.114. The Labute approximate surface area is 192 Å². The van der Waals surface area contributed by atoms with E-state index in [1.54, 1.807) is 67.6 Å². The van der Waals surface area contributed by atoms with Crippen LogP contribution in [0.1, 0.15) is 12.5 Å². The van der Waals surface area contributed by atoms with Crippen molar-refractivity contribution in [1.82, 2.24) is 4.98 Å². The number of sulfonamides is 1. The maximum Gasteiger partial charge on any atom is 0.310 e. The van der Waals surface area contributed by atoms with Crippen molar-refractivity contribution in [3.63, 3.8) is 0 Å². The number of nitrogens with one attached hydrogen (secondary N) is 1. The van der Waals surface area contributed by atoms with Gasteiger partial charge in [0.2, 0.25) is 10.9 Å². The summed E-state index contributed by atoms with van der Waals surface area (Å²) >= 11 is 0. The second-order valence-electron chi connectivity index (χ2n) is 7.17. The summed E-state index contributed by atoms with van der Waals surface area (Å²) in [4.78, 5) is 16.0. The molecule has 0 aliphatic rings. The molecule has 0 bridgehead atoms. The van der Waals surface area contributed by atoms with Crippen LogP contribution in [-0.4, -0.2) is 26.0 Å². The fraction of sp³-hybridized carbons (Fsp3) is 0.120. The van der Waals surface area contributed by atoms with Crippen LogP contribution in [0.15, 0.2) is 94.4 Å². The Balaban J connectivity index is 1.65. The van der Waals surface area contributed by atoms with Gasteiger partial charge < -0.3 is 9.15 Å². The second-order valence-corrected chi connectivity index (χ2v) is 8.77. The van der Waals surface area contributed by atoms with Crippen LogP contribution in [0.25, 0.3) is 22.8 Å². The summed E-state index contributed by atoms with van der Waals surface area (Å²) in [5.74, 6) is 0.0230. The van der Waals surface area contributed by atoms with Gasteiger partial charge in [-0.05, 0) is 36.8 Å². The summed E-state index contributed by atoms with van der Waals surface area (Å²) in [6.45, 7) is 2.05. The molecule has 0 saturated heterocycles. The number of carbonyl (C=O) groups excluding carboxylic acids is 1. The fourth-order valence-electron chi connectivity index (χ4n) is 3.24. The molecule has 3 aromatic carbocycles. The molecule has 7 nitrogen and oxygen atoms in total. The molecule has 0 radical (unpaired) electrons. The predicted octanol–water partition coefficient (Wildman–Crippen LogP) is 4.92. The van der Waals surface area contributed by atoms with Crippen molar-refractivity contribution in [3.05, 3.63) is 90.5 Å². The molecule has 4 aromatic rings. The molecule has 0 aliphatic heterocycles. The standard InChI is InChI=1S/C25H22N2O5S/c1-2-31-22(28)17-18-13-15-21(16-14-18)27-33(29,30)25-23(19-9-5-3-6-10-19)32-24(26-25)20-11-7-4-8-12-20/h3-16,27H,2,17H2,1H3. The first kappa shape index (κ1) is 22.3. The minimum Gasteiger partial charge on any atom is -0.466 e. The zero-order valence-electron chi connectivity index (χ0n) is 17.9. The highest BCUT2D eigenvalue weighted by Gasteiger charge is 2.27. The number of esters is 1. The van der Waals surface area contributed by atoms with E-state index in [1.165, 1.54) is 0 Å². The molecule has 1 aromatic heterocycles. The molecular weight excluding hydrogens is 440 g/mol. The summed E-state index contributed by atoms with van der Waals surface area (Å²) in [6, 6.07) is 24.6. The smallest absolute Gasteiger partial charge is 0.310 e. The van der Waals surface area contributed by atoms with Gasteiger partial charge in [0.15, 0.2) is 5.76 Å². The van der Waals surface area contributed by atoms with Crippen molar-refractivity contribution in [2.24, 2.45) is 0 Å². The lowest BCUT2D eigenvalue weighted by molar-refractivity contribution is -0.142. The van der Waals surface area contributed by atoms with Crippen LogP contribution in [0.5, 0.6) is 0 Å². The molecule has 0 saturated carbocycles. The first-order valence-electron chi connectivity index (χ1n) is 10.4. The Kier molecular flexibility index (Phi) is 6.55. The van der Waals surface area contributed by atoms with Crippen LogP contribution in [0, 0.1) is 0 Å². The first-order chi connectivity index (χ1) is 16.0. The van der Waals surface area contributed by atoms with Gasteiger partial charge in [0, 0.05) is 16.8 Å². The first-order valence-corrected chi connectivity index (χ1v) is 11.8. The van der Waals surface area contributed by atoms with Gasteiger partial charge in [0.25, 0.3) is 10.0 Å². The molecule has 4 rings (SSSR count). The van der Waals surface area contributed by atoms with E-state index in [2.05, 4.69) is 9.71 Å². The molecule has 0 spiro atoms. The monoisotopic (exact) mass is 462 g/mol. The highest BCUT2D eigenvalue weighted by atomic mass is 32.2. The van der Waals surface area contributed by atoms with Gasteiger partial charge in [-0.25, -0.2) is 0 Å². The van der Waals surface area contributed by atoms with E-state index in [4.69, 9.17) is 9.15 Å². The van der Waals surface area contributed by atoms with Crippen LogP contribution in [0.3, 0.4) is 0 Å². The van der Waals surface area contributed by atoms with Crippen molar-refractivity contribution in [2.45, 2.75) is 18.4 Å². The van der Waals surface area contributed by atoms with Crippen molar-refractivity contribution in [3.8, 4) is 22.8 Å². The lowest BCUT2D eigenvalue weighted by atomic mass is 10.1. The Morgan fingerprint density at radius 3 is 2.12 bits per heavy atom. The maximum atomic E-state index is 13.3. The molecule has 1 N–H and O–H groups in total. The highest BCUT2D eigenvalue weighted by Crippen LogP contribution is 2.33. The van der Waals surface area contributed by atoms with Crippen LogP contribution in [0.4, 0.5) is 5.69 Å². The number of nitrogens with zero attached hydrogens (tertiary/aromatic N) is 1. The van der Waals surface area contributed by atoms with Gasteiger partial charge in [-0.15, -0.1) is 0 Å². The van der Waals surface area contributed by atoms with E-state index in [1.807, 2.05) is 24.3 Å². The van der Waals surface area contributed by atoms with Crippen LogP contribution in [0.2, 0.25) is 0 Å². The molecular formula is C25H22N2O5S. The minimum atomic E-state index is -4.07. The van der Waals surface area contributed by atoms with Gasteiger partial charge in [0.05, 0.1) is 13.0 Å². The quantitative estimate of drug-likeness (QED) is 0.374. The van der Waals surface area contributed by atoms with Crippen molar-refractivity contribution in [1.29, 1.82) is 0 Å². The van der Waals surface area contributed by atoms with E-state index in [0.29, 0.717) is 29.0 Å². The highest BCUT2D eigenvalue weighted by molar-refractivity contribution is 7.92. The second kappa shape index (κ2) is 9.70. The third kappa shape index (κ3) is 5.30. The number of aromatic nitrogens is 1. The lowest BCUT2D eigenvalue weighted by Crippen LogP contribution is -2.14. The summed E-state index contributed by atoms with van der Waals surface area (Å²) in [7, 11) is -4.07. The zero-order valence-corrected chi connectivity index (χ0v) is 18.7. The number of hydrogen-bond acceptors (Lipinski definition) is 6. The molecule has 0 atom stereocenters. The average molecular weight is 463 g/mol. The summed E-state index contributed by atoms with van der Waals surface area (Å²) < 4.78 is 40.0. The predicted molar refractivity (Wildman–Crippen MR) is 125 cm³/mol. The Hall–Kier alpha value is -3.91. The van der Waals surface area contributed by atoms with Gasteiger partial charge in [-0.3, -0.25) is 9.52 Å². The normalized spacial score (nSPS) is 11.2. The van der Waals surface area contributed by atoms with Gasteiger partial charge in [-0.1, -0.05) is 60.7 Å². The number of hydrogen-bond donors (Lipinski definition) is 1. The van der Waals surface area contributed by atoms with E-state index in [9.17, 15) is 13.2 Å². The molecule has 0 amide bonds. The van der Waals surface area contributed by atoms with Gasteiger partial charge >= 0.3 is 5.97 Å². The van der Waals surface area contributed by atoms with E-state index in [0.717, 1.165) is 0 Å². The third-order valence-corrected chi connectivity index (χ3v) is 6.06. The number of benzene rings is 3. The molecule has 33 heavy (non-hydrogen) atoms. The number of anilines is 1. The van der Waals surface area contributed by atoms with E-state index < -0.39 is 10.0 Å². The lowest BCUT2D eigenvalue weighted by Gasteiger charge is -2.08. The molecule has 0 unspecified atom stereocenters. The van der Waals surface area contributed by atoms with Gasteiger partial charge in [-0.2, -0.15) is 13.4 Å². The average Bonchev–Trinajstić information content (AvgIpc) is 3.28. The van der Waals surface area contributed by atoms with Crippen molar-refractivity contribution >= 4 is 21.7 Å². The SMILES string of the molecule is CCOC(=O)Cc1ccc(NS(=O)(=O)c2nc(-c3ccccc3)oc2-c2ccccc2)cc1. The number of rotatable bonds is 8. The molecule has 8 heteroatoms. The molecule has 0 aliphatic carbocycles. The number of carbonyl (C=O) groups is 1. The van der Waals surface area contributed by atoms with Crippen LogP contribution >= 0.6 is 0 Å². The van der Waals surface area contributed by atoms with Gasteiger partial charge in [0.1, 0.15) is 0 Å². The Morgan fingerprint density at radius 2 is 1.52 bits per heavy atom. The van der Waals surface area contributed by atoms with Crippen molar-refractivity contribution in [2.75, 3.05) is 11.3 Å². The maximum absolute atomic E-state index is 13.3. The van der Waals surface area contributed by atoms with Crippen LogP contribution < -0.4 is 4.72 Å². The zero-order chi connectivity index (χ0) is 23.3. The van der Waals surface area contributed by atoms with Crippen molar-refractivity contribution < 1.29 is 22.4 Å². The third-order valence-electron chi connectivity index (χ3n) is 4.77. The molecule has 168 valence electrons.